The summed E-state index contributed by atoms with van der Waals surface area (Å²) in [6.45, 7) is 4.47. The summed E-state index contributed by atoms with van der Waals surface area (Å²) < 4.78 is 0. The summed E-state index contributed by atoms with van der Waals surface area (Å²) >= 11 is 0. The van der Waals surface area contributed by atoms with Gasteiger partial charge < -0.3 is 4.90 Å². The average Bonchev–Trinajstić information content (AvgIpc) is 2.46. The third-order valence-corrected chi connectivity index (χ3v) is 3.34. The number of anilines is 1. The molecule has 1 aromatic rings. The fourth-order valence-electron chi connectivity index (χ4n) is 2.22. The van der Waals surface area contributed by atoms with Gasteiger partial charge in [0, 0.05) is 57.0 Å². The predicted molar refractivity (Wildman–Crippen MR) is 72.0 cm³/mol. The number of hydrogen-bond donors (Lipinski definition) is 0. The Balaban J connectivity index is 1.90. The predicted octanol–water partition coefficient (Wildman–Crippen LogP) is 1.63. The van der Waals surface area contributed by atoms with Crippen molar-refractivity contribution in [2.75, 3.05) is 37.6 Å². The molecule has 0 N–H and O–H groups in total. The summed E-state index contributed by atoms with van der Waals surface area (Å²) in [5, 5.41) is 19.1. The summed E-state index contributed by atoms with van der Waals surface area (Å²) in [6, 6.07) is 8.82. The molecule has 2 rings (SSSR count). The van der Waals surface area contributed by atoms with Gasteiger partial charge in [-0.15, -0.1) is 0 Å². The van der Waals surface area contributed by atoms with E-state index in [-0.39, 0.29) is 10.6 Å². The van der Waals surface area contributed by atoms with E-state index in [1.807, 2.05) is 0 Å². The van der Waals surface area contributed by atoms with Crippen LogP contribution in [0.3, 0.4) is 0 Å². The molecule has 0 atom stereocenters. The van der Waals surface area contributed by atoms with Crippen LogP contribution in [0.15, 0.2) is 24.3 Å². The Morgan fingerprint density at radius 3 is 2.37 bits per heavy atom. The van der Waals surface area contributed by atoms with Crippen LogP contribution in [-0.2, 0) is 0 Å². The van der Waals surface area contributed by atoms with E-state index in [4.69, 9.17) is 5.26 Å². The molecule has 0 bridgehead atoms. The van der Waals surface area contributed by atoms with Crippen molar-refractivity contribution in [2.45, 2.75) is 6.42 Å². The van der Waals surface area contributed by atoms with Crippen LogP contribution in [0.5, 0.6) is 0 Å². The van der Waals surface area contributed by atoms with Crippen molar-refractivity contribution in [3.8, 4) is 6.07 Å². The first-order chi connectivity index (χ1) is 9.20. The van der Waals surface area contributed by atoms with Crippen LogP contribution in [0.4, 0.5) is 11.4 Å². The van der Waals surface area contributed by atoms with E-state index in [2.05, 4.69) is 15.9 Å². The van der Waals surface area contributed by atoms with Gasteiger partial charge in [0.2, 0.25) is 0 Å². The molecule has 6 heteroatoms. The van der Waals surface area contributed by atoms with E-state index >= 15 is 0 Å². The molecule has 0 amide bonds. The number of nitro groups is 1. The molecular formula is C13H16N4O2. The number of non-ortho nitro benzene ring substituents is 1. The van der Waals surface area contributed by atoms with Crippen molar-refractivity contribution < 1.29 is 4.92 Å². The van der Waals surface area contributed by atoms with Crippen molar-refractivity contribution in [2.24, 2.45) is 0 Å². The number of benzene rings is 1. The Kier molecular flexibility index (Phi) is 4.31. The fourth-order valence-corrected chi connectivity index (χ4v) is 2.22. The minimum absolute atomic E-state index is 0.122. The van der Waals surface area contributed by atoms with E-state index in [9.17, 15) is 10.1 Å². The lowest BCUT2D eigenvalue weighted by molar-refractivity contribution is -0.384. The van der Waals surface area contributed by atoms with Gasteiger partial charge in [-0.1, -0.05) is 0 Å². The molecule has 0 aliphatic carbocycles. The highest BCUT2D eigenvalue weighted by atomic mass is 16.6. The van der Waals surface area contributed by atoms with Crippen LogP contribution in [0.2, 0.25) is 0 Å². The molecule has 1 aliphatic rings. The van der Waals surface area contributed by atoms with Crippen LogP contribution in [0.1, 0.15) is 6.42 Å². The van der Waals surface area contributed by atoms with Crippen LogP contribution in [0, 0.1) is 21.4 Å². The Morgan fingerprint density at radius 1 is 1.21 bits per heavy atom. The molecule has 1 saturated heterocycles. The molecule has 0 radical (unpaired) electrons. The van der Waals surface area contributed by atoms with Gasteiger partial charge in [0.1, 0.15) is 0 Å². The van der Waals surface area contributed by atoms with E-state index in [0.29, 0.717) is 6.42 Å². The minimum Gasteiger partial charge on any atom is -0.369 e. The standard InChI is InChI=1S/C13H16N4O2/c14-6-1-7-15-8-10-16(11-9-15)12-2-4-13(5-3-12)17(18)19/h2-5H,1,7-11H2. The Morgan fingerprint density at radius 2 is 1.84 bits per heavy atom. The van der Waals surface area contributed by atoms with E-state index in [1.165, 1.54) is 12.1 Å². The third-order valence-electron chi connectivity index (χ3n) is 3.34. The summed E-state index contributed by atoms with van der Waals surface area (Å²) in [5.74, 6) is 0. The van der Waals surface area contributed by atoms with Gasteiger partial charge in [-0.05, 0) is 12.1 Å². The van der Waals surface area contributed by atoms with Crippen molar-refractivity contribution in [3.05, 3.63) is 34.4 Å². The average molecular weight is 260 g/mol. The second kappa shape index (κ2) is 6.16. The van der Waals surface area contributed by atoms with E-state index < -0.39 is 0 Å². The molecule has 1 aliphatic heterocycles. The maximum atomic E-state index is 10.6. The SMILES string of the molecule is N#CCCN1CCN(c2ccc([N+](=O)[O-])cc2)CC1. The maximum absolute atomic E-state index is 10.6. The van der Waals surface area contributed by atoms with Gasteiger partial charge in [0.05, 0.1) is 11.0 Å². The second-order valence-corrected chi connectivity index (χ2v) is 4.51. The van der Waals surface area contributed by atoms with Crippen molar-refractivity contribution in [1.82, 2.24) is 4.90 Å². The lowest BCUT2D eigenvalue weighted by Gasteiger charge is -2.35. The molecule has 0 aromatic heterocycles. The first-order valence-corrected chi connectivity index (χ1v) is 6.29. The number of nitrogens with zero attached hydrogens (tertiary/aromatic N) is 4. The molecule has 1 fully saturated rings. The minimum atomic E-state index is -0.385. The third kappa shape index (κ3) is 3.42. The van der Waals surface area contributed by atoms with Gasteiger partial charge in [-0.3, -0.25) is 15.0 Å². The van der Waals surface area contributed by atoms with E-state index in [1.54, 1.807) is 12.1 Å². The van der Waals surface area contributed by atoms with Crippen LogP contribution >= 0.6 is 0 Å². The largest absolute Gasteiger partial charge is 0.369 e. The highest BCUT2D eigenvalue weighted by molar-refractivity contribution is 5.51. The molecule has 0 unspecified atom stereocenters. The summed E-state index contributed by atoms with van der Waals surface area (Å²) in [4.78, 5) is 14.7. The second-order valence-electron chi connectivity index (χ2n) is 4.51. The molecule has 6 nitrogen and oxygen atoms in total. The Hall–Kier alpha value is -2.13. The van der Waals surface area contributed by atoms with Crippen LogP contribution in [0.25, 0.3) is 0 Å². The number of piperazine rings is 1. The monoisotopic (exact) mass is 260 g/mol. The van der Waals surface area contributed by atoms with Crippen LogP contribution < -0.4 is 4.90 Å². The zero-order chi connectivity index (χ0) is 13.7. The highest BCUT2D eigenvalue weighted by Crippen LogP contribution is 2.20. The molecule has 0 spiro atoms. The fraction of sp³-hybridized carbons (Fsp3) is 0.462. The smallest absolute Gasteiger partial charge is 0.269 e. The van der Waals surface area contributed by atoms with Gasteiger partial charge in [0.15, 0.2) is 0 Å². The van der Waals surface area contributed by atoms with Crippen molar-refractivity contribution in [1.29, 1.82) is 5.26 Å². The number of nitriles is 1. The molecule has 19 heavy (non-hydrogen) atoms. The number of nitro benzene ring substituents is 1. The molecule has 0 saturated carbocycles. The molecular weight excluding hydrogens is 244 g/mol. The van der Waals surface area contributed by atoms with Crippen molar-refractivity contribution >= 4 is 11.4 Å². The quantitative estimate of drug-likeness (QED) is 0.607. The maximum Gasteiger partial charge on any atom is 0.269 e. The number of hydrogen-bond acceptors (Lipinski definition) is 5. The van der Waals surface area contributed by atoms with Gasteiger partial charge in [-0.2, -0.15) is 5.26 Å². The summed E-state index contributed by atoms with van der Waals surface area (Å²) in [7, 11) is 0. The first kappa shape index (κ1) is 13.3. The van der Waals surface area contributed by atoms with Gasteiger partial charge in [-0.25, -0.2) is 0 Å². The lowest BCUT2D eigenvalue weighted by Crippen LogP contribution is -2.46. The molecule has 100 valence electrons. The lowest BCUT2D eigenvalue weighted by atomic mass is 10.2. The molecule has 1 aromatic carbocycles. The van der Waals surface area contributed by atoms with E-state index in [0.717, 1.165) is 38.4 Å². The van der Waals surface area contributed by atoms with Crippen molar-refractivity contribution in [3.63, 3.8) is 0 Å². The zero-order valence-electron chi connectivity index (χ0n) is 10.7. The highest BCUT2D eigenvalue weighted by Gasteiger charge is 2.17. The molecule has 1 heterocycles. The van der Waals surface area contributed by atoms with Gasteiger partial charge in [0.25, 0.3) is 5.69 Å². The van der Waals surface area contributed by atoms with Crippen LogP contribution in [-0.4, -0.2) is 42.5 Å². The Bertz CT molecular complexity index is 472. The summed E-state index contributed by atoms with van der Waals surface area (Å²) in [5.41, 5.74) is 1.14. The first-order valence-electron chi connectivity index (χ1n) is 6.29. The topological polar surface area (TPSA) is 73.4 Å². The van der Waals surface area contributed by atoms with Gasteiger partial charge >= 0.3 is 0 Å². The Labute approximate surface area is 112 Å². The summed E-state index contributed by atoms with van der Waals surface area (Å²) in [6.07, 6.45) is 0.567. The number of rotatable bonds is 4. The normalized spacial score (nSPS) is 16.1. The zero-order valence-corrected chi connectivity index (χ0v) is 10.7.